The highest BCUT2D eigenvalue weighted by Gasteiger charge is 2.06. The van der Waals surface area contributed by atoms with Gasteiger partial charge in [-0.25, -0.2) is 0 Å². The lowest BCUT2D eigenvalue weighted by Gasteiger charge is -2.09. The molecule has 0 unspecified atom stereocenters. The third kappa shape index (κ3) is 4.17. The number of carbonyl (C=O) groups excluding carboxylic acids is 1. The van der Waals surface area contributed by atoms with Gasteiger partial charge in [-0.2, -0.15) is 0 Å². The highest BCUT2D eigenvalue weighted by atomic mass is 35.5. The van der Waals surface area contributed by atoms with Crippen LogP contribution in [0.25, 0.3) is 0 Å². The van der Waals surface area contributed by atoms with E-state index in [-0.39, 0.29) is 12.3 Å². The zero-order chi connectivity index (χ0) is 14.4. The van der Waals surface area contributed by atoms with Gasteiger partial charge in [-0.3, -0.25) is 4.79 Å². The molecule has 104 valence electrons. The van der Waals surface area contributed by atoms with E-state index in [0.29, 0.717) is 23.0 Å². The summed E-state index contributed by atoms with van der Waals surface area (Å²) >= 11 is 5.97. The van der Waals surface area contributed by atoms with Gasteiger partial charge in [-0.1, -0.05) is 29.8 Å². The SMILES string of the molecule is Nc1ccc(Cl)c(NC(=O)CCOc2ccccc2)c1. The first-order valence-electron chi connectivity index (χ1n) is 6.18. The van der Waals surface area contributed by atoms with Gasteiger partial charge in [0.25, 0.3) is 0 Å². The molecule has 0 saturated carbocycles. The summed E-state index contributed by atoms with van der Waals surface area (Å²) in [5.41, 5.74) is 6.70. The lowest BCUT2D eigenvalue weighted by molar-refractivity contribution is -0.116. The molecule has 0 fully saturated rings. The maximum atomic E-state index is 11.8. The van der Waals surface area contributed by atoms with Crippen molar-refractivity contribution in [3.8, 4) is 5.75 Å². The molecule has 4 nitrogen and oxygen atoms in total. The topological polar surface area (TPSA) is 64.3 Å². The third-order valence-electron chi connectivity index (χ3n) is 2.61. The van der Waals surface area contributed by atoms with Crippen molar-refractivity contribution in [2.45, 2.75) is 6.42 Å². The second-order valence-electron chi connectivity index (χ2n) is 4.20. The first kappa shape index (κ1) is 14.2. The van der Waals surface area contributed by atoms with Crippen molar-refractivity contribution in [2.75, 3.05) is 17.7 Å². The smallest absolute Gasteiger partial charge is 0.227 e. The van der Waals surface area contributed by atoms with Crippen LogP contribution in [0.2, 0.25) is 5.02 Å². The predicted octanol–water partition coefficient (Wildman–Crippen LogP) is 3.33. The molecule has 0 spiro atoms. The lowest BCUT2D eigenvalue weighted by atomic mass is 10.2. The molecular formula is C15H15ClN2O2. The van der Waals surface area contributed by atoms with Crippen molar-refractivity contribution in [3.63, 3.8) is 0 Å². The predicted molar refractivity (Wildman–Crippen MR) is 81.0 cm³/mol. The van der Waals surface area contributed by atoms with Gasteiger partial charge in [-0.15, -0.1) is 0 Å². The number of carbonyl (C=O) groups is 1. The second-order valence-corrected chi connectivity index (χ2v) is 4.61. The first-order valence-corrected chi connectivity index (χ1v) is 6.55. The molecule has 0 saturated heterocycles. The standard InChI is InChI=1S/C15H15ClN2O2/c16-13-7-6-11(17)10-14(13)18-15(19)8-9-20-12-4-2-1-3-5-12/h1-7,10H,8-9,17H2,(H,18,19). The van der Waals surface area contributed by atoms with E-state index in [1.54, 1.807) is 18.2 Å². The van der Waals surface area contributed by atoms with Crippen LogP contribution in [0.5, 0.6) is 5.75 Å². The molecule has 0 aliphatic carbocycles. The van der Waals surface area contributed by atoms with Gasteiger partial charge < -0.3 is 15.8 Å². The minimum Gasteiger partial charge on any atom is -0.493 e. The number of nitrogen functional groups attached to an aromatic ring is 1. The minimum atomic E-state index is -0.173. The first-order chi connectivity index (χ1) is 9.65. The summed E-state index contributed by atoms with van der Waals surface area (Å²) in [6, 6.07) is 14.3. The average Bonchev–Trinajstić information content (AvgIpc) is 2.44. The molecule has 1 amide bonds. The fourth-order valence-corrected chi connectivity index (χ4v) is 1.79. The van der Waals surface area contributed by atoms with Crippen molar-refractivity contribution in [2.24, 2.45) is 0 Å². The van der Waals surface area contributed by atoms with E-state index >= 15 is 0 Å². The molecule has 2 aromatic rings. The summed E-state index contributed by atoms with van der Waals surface area (Å²) in [5.74, 6) is 0.565. The Bertz CT molecular complexity index is 588. The average molecular weight is 291 g/mol. The molecule has 2 rings (SSSR count). The van der Waals surface area contributed by atoms with E-state index in [2.05, 4.69) is 5.32 Å². The largest absolute Gasteiger partial charge is 0.493 e. The molecule has 0 bridgehead atoms. The normalized spacial score (nSPS) is 10.1. The van der Waals surface area contributed by atoms with E-state index in [0.717, 1.165) is 5.75 Å². The zero-order valence-corrected chi connectivity index (χ0v) is 11.6. The van der Waals surface area contributed by atoms with Gasteiger partial charge in [0.15, 0.2) is 0 Å². The number of rotatable bonds is 5. The van der Waals surface area contributed by atoms with Crippen molar-refractivity contribution in [1.82, 2.24) is 0 Å². The number of amides is 1. The number of nitrogens with two attached hydrogens (primary N) is 1. The van der Waals surface area contributed by atoms with E-state index in [1.807, 2.05) is 30.3 Å². The molecule has 20 heavy (non-hydrogen) atoms. The van der Waals surface area contributed by atoms with Gasteiger partial charge in [-0.05, 0) is 30.3 Å². The van der Waals surface area contributed by atoms with E-state index < -0.39 is 0 Å². The number of para-hydroxylation sites is 1. The molecule has 0 radical (unpaired) electrons. The third-order valence-corrected chi connectivity index (χ3v) is 2.94. The number of hydrogen-bond donors (Lipinski definition) is 2. The Labute approximate surface area is 122 Å². The molecule has 0 aliphatic rings. The van der Waals surface area contributed by atoms with Crippen molar-refractivity contribution < 1.29 is 9.53 Å². The molecular weight excluding hydrogens is 276 g/mol. The van der Waals surface area contributed by atoms with Crippen LogP contribution in [0.4, 0.5) is 11.4 Å². The van der Waals surface area contributed by atoms with Gasteiger partial charge in [0.05, 0.1) is 23.7 Å². The van der Waals surface area contributed by atoms with Crippen LogP contribution >= 0.6 is 11.6 Å². The number of anilines is 2. The maximum Gasteiger partial charge on any atom is 0.227 e. The van der Waals surface area contributed by atoms with E-state index in [9.17, 15) is 4.79 Å². The summed E-state index contributed by atoms with van der Waals surface area (Å²) in [6.45, 7) is 0.301. The lowest BCUT2D eigenvalue weighted by Crippen LogP contribution is -2.15. The summed E-state index contributed by atoms with van der Waals surface area (Å²) in [5, 5.41) is 3.16. The van der Waals surface area contributed by atoms with Gasteiger partial charge >= 0.3 is 0 Å². The summed E-state index contributed by atoms with van der Waals surface area (Å²) in [4.78, 5) is 11.8. The Kier molecular flexibility index (Phi) is 4.85. The summed E-state index contributed by atoms with van der Waals surface area (Å²) in [7, 11) is 0. The molecule has 2 aromatic carbocycles. The number of hydrogen-bond acceptors (Lipinski definition) is 3. The van der Waals surface area contributed by atoms with Gasteiger partial charge in [0, 0.05) is 5.69 Å². The van der Waals surface area contributed by atoms with Crippen LogP contribution in [0.15, 0.2) is 48.5 Å². The maximum absolute atomic E-state index is 11.8. The van der Waals surface area contributed by atoms with Gasteiger partial charge in [0.2, 0.25) is 5.91 Å². The van der Waals surface area contributed by atoms with Crippen LogP contribution in [-0.2, 0) is 4.79 Å². The Balaban J connectivity index is 1.82. The second kappa shape index (κ2) is 6.82. The summed E-state index contributed by atoms with van der Waals surface area (Å²) < 4.78 is 5.45. The number of benzene rings is 2. The minimum absolute atomic E-state index is 0.173. The molecule has 0 heterocycles. The fourth-order valence-electron chi connectivity index (χ4n) is 1.63. The van der Waals surface area contributed by atoms with Crippen molar-refractivity contribution in [1.29, 1.82) is 0 Å². The zero-order valence-electron chi connectivity index (χ0n) is 10.8. The Morgan fingerprint density at radius 2 is 1.95 bits per heavy atom. The Morgan fingerprint density at radius 3 is 2.70 bits per heavy atom. The molecule has 0 aromatic heterocycles. The Hall–Kier alpha value is -2.20. The Morgan fingerprint density at radius 1 is 1.20 bits per heavy atom. The van der Waals surface area contributed by atoms with Gasteiger partial charge in [0.1, 0.15) is 5.75 Å². The molecule has 5 heteroatoms. The van der Waals surface area contributed by atoms with Crippen LogP contribution < -0.4 is 15.8 Å². The van der Waals surface area contributed by atoms with E-state index in [1.165, 1.54) is 0 Å². The highest BCUT2D eigenvalue weighted by Crippen LogP contribution is 2.24. The number of nitrogens with one attached hydrogen (secondary N) is 1. The van der Waals surface area contributed by atoms with Crippen LogP contribution in [0, 0.1) is 0 Å². The fraction of sp³-hybridized carbons (Fsp3) is 0.133. The van der Waals surface area contributed by atoms with E-state index in [4.69, 9.17) is 22.1 Å². The van der Waals surface area contributed by atoms with Crippen LogP contribution in [0.3, 0.4) is 0 Å². The van der Waals surface area contributed by atoms with Crippen molar-refractivity contribution >= 4 is 28.9 Å². The molecule has 0 aliphatic heterocycles. The molecule has 3 N–H and O–H groups in total. The highest BCUT2D eigenvalue weighted by molar-refractivity contribution is 6.33. The number of halogens is 1. The van der Waals surface area contributed by atoms with Crippen LogP contribution in [0.1, 0.15) is 6.42 Å². The quantitative estimate of drug-likeness (QED) is 0.830. The van der Waals surface area contributed by atoms with Crippen LogP contribution in [-0.4, -0.2) is 12.5 Å². The van der Waals surface area contributed by atoms with Crippen molar-refractivity contribution in [3.05, 3.63) is 53.6 Å². The number of ether oxygens (including phenoxy) is 1. The molecule has 0 atom stereocenters. The monoisotopic (exact) mass is 290 g/mol. The summed E-state index contributed by atoms with van der Waals surface area (Å²) in [6.07, 6.45) is 0.236.